The topological polar surface area (TPSA) is 70.2 Å². The summed E-state index contributed by atoms with van der Waals surface area (Å²) in [6.45, 7) is 3.34. The van der Waals surface area contributed by atoms with Crippen LogP contribution < -0.4 is 10.1 Å². The Balaban J connectivity index is 1.38. The second-order valence-electron chi connectivity index (χ2n) is 6.26. The molecule has 2 aromatic rings. The van der Waals surface area contributed by atoms with Gasteiger partial charge in [-0.3, -0.25) is 4.79 Å². The van der Waals surface area contributed by atoms with Crippen LogP contribution >= 0.6 is 0 Å². The van der Waals surface area contributed by atoms with Crippen LogP contribution in [0.2, 0.25) is 0 Å². The van der Waals surface area contributed by atoms with Gasteiger partial charge in [-0.2, -0.15) is 0 Å². The van der Waals surface area contributed by atoms with Crippen LogP contribution in [-0.4, -0.2) is 46.5 Å². The Hall–Kier alpha value is -2.34. The van der Waals surface area contributed by atoms with Crippen LogP contribution in [0.4, 0.5) is 0 Å². The maximum Gasteiger partial charge on any atom is 0.251 e. The number of imidazole rings is 1. The highest BCUT2D eigenvalue weighted by Gasteiger charge is 2.34. The first-order chi connectivity index (χ1) is 11.3. The molecule has 1 amide bonds. The van der Waals surface area contributed by atoms with Gasteiger partial charge < -0.3 is 19.9 Å². The molecule has 3 aliphatic heterocycles. The fraction of sp³-hybridized carbons (Fsp3) is 0.412. The quantitative estimate of drug-likeness (QED) is 0.906. The molecule has 3 fully saturated rings. The molecule has 0 spiro atoms. The Morgan fingerprint density at radius 3 is 2.65 bits per heavy atom. The van der Waals surface area contributed by atoms with Crippen molar-refractivity contribution in [3.8, 4) is 11.6 Å². The molecule has 0 saturated carbocycles. The molecule has 5 rings (SSSR count). The maximum atomic E-state index is 12.4. The zero-order chi connectivity index (χ0) is 15.6. The zero-order valence-corrected chi connectivity index (χ0v) is 12.9. The zero-order valence-electron chi connectivity index (χ0n) is 12.9. The van der Waals surface area contributed by atoms with Crippen molar-refractivity contribution in [1.29, 1.82) is 0 Å². The van der Waals surface area contributed by atoms with Gasteiger partial charge >= 0.3 is 0 Å². The molecule has 2 bridgehead atoms. The average molecular weight is 312 g/mol. The summed E-state index contributed by atoms with van der Waals surface area (Å²) in [4.78, 5) is 21.6. The third-order valence-electron chi connectivity index (χ3n) is 4.79. The van der Waals surface area contributed by atoms with Gasteiger partial charge in [0, 0.05) is 18.2 Å². The Morgan fingerprint density at radius 2 is 2.04 bits per heavy atom. The lowest BCUT2D eigenvalue weighted by atomic mass is 9.84. The van der Waals surface area contributed by atoms with E-state index in [0.717, 1.165) is 6.54 Å². The van der Waals surface area contributed by atoms with Gasteiger partial charge in [-0.25, -0.2) is 4.98 Å². The molecule has 0 aliphatic carbocycles. The van der Waals surface area contributed by atoms with E-state index in [4.69, 9.17) is 4.74 Å². The van der Waals surface area contributed by atoms with Crippen molar-refractivity contribution in [3.05, 3.63) is 42.4 Å². The van der Waals surface area contributed by atoms with Crippen LogP contribution in [-0.2, 0) is 0 Å². The molecule has 1 atom stereocenters. The van der Waals surface area contributed by atoms with Gasteiger partial charge in [0.25, 0.3) is 5.91 Å². The molecule has 6 nitrogen and oxygen atoms in total. The fourth-order valence-corrected chi connectivity index (χ4v) is 3.48. The van der Waals surface area contributed by atoms with Crippen LogP contribution in [0.3, 0.4) is 0 Å². The van der Waals surface area contributed by atoms with Crippen molar-refractivity contribution < 1.29 is 9.53 Å². The van der Waals surface area contributed by atoms with Crippen LogP contribution in [0.1, 0.15) is 23.2 Å². The van der Waals surface area contributed by atoms with Crippen LogP contribution in [0.15, 0.2) is 36.8 Å². The van der Waals surface area contributed by atoms with Gasteiger partial charge in [0.05, 0.1) is 12.5 Å². The monoisotopic (exact) mass is 312 g/mol. The SMILES string of the molecule is O=C(N[C@H]1CN2CCC1CC2)c1ccc(Oc2cnc[nH]2)cc1. The summed E-state index contributed by atoms with van der Waals surface area (Å²) in [6.07, 6.45) is 5.56. The van der Waals surface area contributed by atoms with Crippen LogP contribution in [0.5, 0.6) is 11.6 Å². The van der Waals surface area contributed by atoms with Crippen LogP contribution in [0.25, 0.3) is 0 Å². The van der Waals surface area contributed by atoms with Gasteiger partial charge in [-0.05, 0) is 56.1 Å². The minimum absolute atomic E-state index is 0.00293. The highest BCUT2D eigenvalue weighted by molar-refractivity contribution is 5.94. The first-order valence-electron chi connectivity index (χ1n) is 8.07. The molecule has 2 N–H and O–H groups in total. The molecule has 120 valence electrons. The second-order valence-corrected chi connectivity index (χ2v) is 6.26. The van der Waals surface area contributed by atoms with E-state index < -0.39 is 0 Å². The first kappa shape index (κ1) is 14.3. The van der Waals surface area contributed by atoms with Gasteiger partial charge in [0.15, 0.2) is 0 Å². The lowest BCUT2D eigenvalue weighted by molar-refractivity contribution is 0.0620. The number of nitrogens with zero attached hydrogens (tertiary/aromatic N) is 2. The lowest BCUT2D eigenvalue weighted by Crippen LogP contribution is -2.57. The Labute approximate surface area is 134 Å². The molecule has 0 radical (unpaired) electrons. The van der Waals surface area contributed by atoms with Crippen molar-refractivity contribution in [1.82, 2.24) is 20.2 Å². The molecule has 3 aliphatic rings. The first-order valence-corrected chi connectivity index (χ1v) is 8.07. The number of hydrogen-bond acceptors (Lipinski definition) is 4. The fourth-order valence-electron chi connectivity index (χ4n) is 3.48. The number of carbonyl (C=O) groups is 1. The molecule has 1 aromatic heterocycles. The number of amides is 1. The molecule has 4 heterocycles. The van der Waals surface area contributed by atoms with Gasteiger partial charge in [-0.1, -0.05) is 0 Å². The van der Waals surface area contributed by atoms with E-state index in [1.807, 2.05) is 0 Å². The van der Waals surface area contributed by atoms with Gasteiger partial charge in [-0.15, -0.1) is 0 Å². The van der Waals surface area contributed by atoms with Crippen LogP contribution in [0, 0.1) is 5.92 Å². The summed E-state index contributed by atoms with van der Waals surface area (Å²) in [5.74, 6) is 1.88. The summed E-state index contributed by atoms with van der Waals surface area (Å²) in [5.41, 5.74) is 0.665. The number of nitrogens with one attached hydrogen (secondary N) is 2. The highest BCUT2D eigenvalue weighted by Crippen LogP contribution is 2.27. The molecular weight excluding hydrogens is 292 g/mol. The van der Waals surface area contributed by atoms with E-state index in [1.54, 1.807) is 36.8 Å². The number of ether oxygens (including phenoxy) is 1. The van der Waals surface area contributed by atoms with E-state index in [-0.39, 0.29) is 11.9 Å². The number of hydrogen-bond donors (Lipinski definition) is 2. The number of fused-ring (bicyclic) bond motifs is 3. The van der Waals surface area contributed by atoms with Crippen molar-refractivity contribution in [2.75, 3.05) is 19.6 Å². The minimum Gasteiger partial charge on any atom is -0.439 e. The maximum absolute atomic E-state index is 12.4. The normalized spacial score (nSPS) is 26.0. The van der Waals surface area contributed by atoms with Gasteiger partial charge in [0.2, 0.25) is 5.88 Å². The average Bonchev–Trinajstić information content (AvgIpc) is 3.09. The van der Waals surface area contributed by atoms with E-state index in [9.17, 15) is 4.79 Å². The number of rotatable bonds is 4. The lowest BCUT2D eigenvalue weighted by Gasteiger charge is -2.44. The largest absolute Gasteiger partial charge is 0.439 e. The second kappa shape index (κ2) is 6.04. The third-order valence-corrected chi connectivity index (χ3v) is 4.79. The molecule has 3 saturated heterocycles. The number of aromatic amines is 1. The Kier molecular flexibility index (Phi) is 3.75. The summed E-state index contributed by atoms with van der Waals surface area (Å²) in [6, 6.07) is 7.47. The molecule has 0 unspecified atom stereocenters. The summed E-state index contributed by atoms with van der Waals surface area (Å²) >= 11 is 0. The van der Waals surface area contributed by atoms with Crippen molar-refractivity contribution in [2.45, 2.75) is 18.9 Å². The minimum atomic E-state index is -0.00293. The number of aromatic nitrogens is 2. The third kappa shape index (κ3) is 3.07. The van der Waals surface area contributed by atoms with E-state index in [2.05, 4.69) is 20.2 Å². The highest BCUT2D eigenvalue weighted by atomic mass is 16.5. The van der Waals surface area contributed by atoms with Crippen molar-refractivity contribution >= 4 is 5.91 Å². The van der Waals surface area contributed by atoms with Gasteiger partial charge in [0.1, 0.15) is 5.75 Å². The number of piperidine rings is 3. The summed E-state index contributed by atoms with van der Waals surface area (Å²) in [7, 11) is 0. The Morgan fingerprint density at radius 1 is 1.26 bits per heavy atom. The smallest absolute Gasteiger partial charge is 0.251 e. The number of carbonyl (C=O) groups excluding carboxylic acids is 1. The molecule has 6 heteroatoms. The predicted molar refractivity (Wildman–Crippen MR) is 85.5 cm³/mol. The van der Waals surface area contributed by atoms with E-state index in [0.29, 0.717) is 23.1 Å². The number of benzene rings is 1. The molecule has 1 aromatic carbocycles. The van der Waals surface area contributed by atoms with Crippen molar-refractivity contribution in [2.24, 2.45) is 5.92 Å². The summed E-state index contributed by atoms with van der Waals surface area (Å²) in [5, 5.41) is 3.19. The predicted octanol–water partition coefficient (Wildman–Crippen LogP) is 2.03. The molecule has 23 heavy (non-hydrogen) atoms. The van der Waals surface area contributed by atoms with E-state index >= 15 is 0 Å². The van der Waals surface area contributed by atoms with E-state index in [1.165, 1.54) is 25.9 Å². The Bertz CT molecular complexity index is 660. The number of H-pyrrole nitrogens is 1. The molecular formula is C17H20N4O2. The standard InChI is InChI=1S/C17H20N4O2/c22-17(20-15-10-21-7-5-12(15)6-8-21)13-1-3-14(4-2-13)23-16-9-18-11-19-16/h1-4,9,11-12,15H,5-8,10H2,(H,18,19)(H,20,22)/t15-/m0/s1. The summed E-state index contributed by atoms with van der Waals surface area (Å²) < 4.78 is 5.59. The van der Waals surface area contributed by atoms with Crippen molar-refractivity contribution in [3.63, 3.8) is 0 Å².